The van der Waals surface area contributed by atoms with Gasteiger partial charge in [0.25, 0.3) is 0 Å². The van der Waals surface area contributed by atoms with E-state index in [0.29, 0.717) is 0 Å². The maximum absolute atomic E-state index is 3.91. The smallest absolute Gasteiger partial charge is 0.0867 e. The SMILES string of the molecule is CC(C)(C)c1ccn2nncc2c1. The molecular formula is C10H13N3. The van der Waals surface area contributed by atoms with E-state index in [9.17, 15) is 0 Å². The first-order chi connectivity index (χ1) is 6.07. The highest BCUT2D eigenvalue weighted by atomic mass is 15.4. The minimum atomic E-state index is 0.187. The van der Waals surface area contributed by atoms with Crippen LogP contribution in [0.2, 0.25) is 0 Å². The zero-order chi connectivity index (χ0) is 9.47. The molecule has 3 nitrogen and oxygen atoms in total. The molecule has 0 unspecified atom stereocenters. The minimum Gasteiger partial charge on any atom is -0.221 e. The zero-order valence-electron chi connectivity index (χ0n) is 8.15. The summed E-state index contributed by atoms with van der Waals surface area (Å²) in [5, 5.41) is 7.75. The molecule has 68 valence electrons. The van der Waals surface area contributed by atoms with Gasteiger partial charge < -0.3 is 0 Å². The topological polar surface area (TPSA) is 30.2 Å². The number of hydrogen-bond acceptors (Lipinski definition) is 2. The van der Waals surface area contributed by atoms with E-state index >= 15 is 0 Å². The van der Waals surface area contributed by atoms with E-state index in [4.69, 9.17) is 0 Å². The lowest BCUT2D eigenvalue weighted by Gasteiger charge is -2.18. The lowest BCUT2D eigenvalue weighted by Crippen LogP contribution is -2.11. The lowest BCUT2D eigenvalue weighted by molar-refractivity contribution is 0.589. The summed E-state index contributed by atoms with van der Waals surface area (Å²) in [5.41, 5.74) is 2.54. The van der Waals surface area contributed by atoms with Gasteiger partial charge in [-0.3, -0.25) is 0 Å². The molecule has 0 aromatic carbocycles. The fraction of sp³-hybridized carbons (Fsp3) is 0.400. The van der Waals surface area contributed by atoms with Gasteiger partial charge in [-0.25, -0.2) is 4.52 Å². The summed E-state index contributed by atoms with van der Waals surface area (Å²) in [5.74, 6) is 0. The van der Waals surface area contributed by atoms with E-state index in [1.165, 1.54) is 5.56 Å². The molecule has 2 rings (SSSR count). The van der Waals surface area contributed by atoms with E-state index in [-0.39, 0.29) is 5.41 Å². The quantitative estimate of drug-likeness (QED) is 0.613. The highest BCUT2D eigenvalue weighted by Crippen LogP contribution is 2.22. The number of pyridine rings is 1. The molecule has 0 aliphatic heterocycles. The molecule has 0 amide bonds. The highest BCUT2D eigenvalue weighted by molar-refractivity contribution is 5.47. The second kappa shape index (κ2) is 2.55. The van der Waals surface area contributed by atoms with Crippen LogP contribution in [0, 0.1) is 0 Å². The van der Waals surface area contributed by atoms with Crippen molar-refractivity contribution < 1.29 is 0 Å². The number of aromatic nitrogens is 3. The molecule has 0 saturated carbocycles. The summed E-state index contributed by atoms with van der Waals surface area (Å²) < 4.78 is 1.77. The Morgan fingerprint density at radius 2 is 2.08 bits per heavy atom. The van der Waals surface area contributed by atoms with Gasteiger partial charge in [-0.2, -0.15) is 0 Å². The molecule has 2 heterocycles. The molecule has 2 aromatic heterocycles. The van der Waals surface area contributed by atoms with Gasteiger partial charge in [0, 0.05) is 6.20 Å². The largest absolute Gasteiger partial charge is 0.221 e. The van der Waals surface area contributed by atoms with Crippen LogP contribution in [0.4, 0.5) is 0 Å². The molecule has 13 heavy (non-hydrogen) atoms. The van der Waals surface area contributed by atoms with Crippen LogP contribution in [-0.2, 0) is 5.41 Å². The van der Waals surface area contributed by atoms with Crippen LogP contribution in [0.25, 0.3) is 5.52 Å². The first-order valence-electron chi connectivity index (χ1n) is 4.38. The summed E-state index contributed by atoms with van der Waals surface area (Å²) in [6, 6.07) is 4.21. The van der Waals surface area contributed by atoms with Crippen molar-refractivity contribution in [1.29, 1.82) is 0 Å². The zero-order valence-corrected chi connectivity index (χ0v) is 8.15. The number of hydrogen-bond donors (Lipinski definition) is 0. The van der Waals surface area contributed by atoms with E-state index in [0.717, 1.165) is 5.52 Å². The molecule has 0 bridgehead atoms. The third kappa shape index (κ3) is 1.41. The Labute approximate surface area is 77.4 Å². The van der Waals surface area contributed by atoms with Crippen molar-refractivity contribution in [3.8, 4) is 0 Å². The number of nitrogens with zero attached hydrogens (tertiary/aromatic N) is 3. The molecule has 3 heteroatoms. The van der Waals surface area contributed by atoms with E-state index in [2.05, 4.69) is 43.2 Å². The lowest BCUT2D eigenvalue weighted by atomic mass is 9.88. The normalized spacial score (nSPS) is 12.2. The van der Waals surface area contributed by atoms with Gasteiger partial charge in [0.05, 0.1) is 11.7 Å². The first-order valence-corrected chi connectivity index (χ1v) is 4.38. The van der Waals surface area contributed by atoms with Gasteiger partial charge in [0.1, 0.15) is 0 Å². The van der Waals surface area contributed by atoms with Crippen molar-refractivity contribution >= 4 is 5.52 Å². The van der Waals surface area contributed by atoms with Crippen molar-refractivity contribution in [2.24, 2.45) is 0 Å². The Bertz CT molecular complexity index is 423. The Morgan fingerprint density at radius 3 is 2.77 bits per heavy atom. The fourth-order valence-corrected chi connectivity index (χ4v) is 1.30. The van der Waals surface area contributed by atoms with Crippen molar-refractivity contribution in [3.05, 3.63) is 30.1 Å². The van der Waals surface area contributed by atoms with Crippen LogP contribution in [0.1, 0.15) is 26.3 Å². The molecule has 0 spiro atoms. The van der Waals surface area contributed by atoms with E-state index in [1.54, 1.807) is 10.7 Å². The Balaban J connectivity index is 2.61. The average molecular weight is 175 g/mol. The van der Waals surface area contributed by atoms with Crippen LogP contribution in [0.15, 0.2) is 24.5 Å². The summed E-state index contributed by atoms with van der Waals surface area (Å²) in [7, 11) is 0. The summed E-state index contributed by atoms with van der Waals surface area (Å²) in [6.07, 6.45) is 3.72. The molecule has 0 atom stereocenters. The van der Waals surface area contributed by atoms with Gasteiger partial charge in [-0.1, -0.05) is 26.0 Å². The Hall–Kier alpha value is -1.38. The van der Waals surface area contributed by atoms with E-state index in [1.807, 2.05) is 6.20 Å². The van der Waals surface area contributed by atoms with Crippen LogP contribution in [0.3, 0.4) is 0 Å². The predicted octanol–water partition coefficient (Wildman–Crippen LogP) is 2.03. The van der Waals surface area contributed by atoms with Gasteiger partial charge in [0.2, 0.25) is 0 Å². The summed E-state index contributed by atoms with van der Waals surface area (Å²) >= 11 is 0. The molecular weight excluding hydrogens is 162 g/mol. The average Bonchev–Trinajstić information content (AvgIpc) is 2.47. The summed E-state index contributed by atoms with van der Waals surface area (Å²) in [6.45, 7) is 6.59. The van der Waals surface area contributed by atoms with Crippen LogP contribution >= 0.6 is 0 Å². The van der Waals surface area contributed by atoms with Crippen molar-refractivity contribution in [2.75, 3.05) is 0 Å². The summed E-state index contributed by atoms with van der Waals surface area (Å²) in [4.78, 5) is 0. The number of fused-ring (bicyclic) bond motifs is 1. The van der Waals surface area contributed by atoms with Gasteiger partial charge in [-0.05, 0) is 23.1 Å². The monoisotopic (exact) mass is 175 g/mol. The first kappa shape index (κ1) is 8.23. The molecule has 0 aliphatic rings. The third-order valence-corrected chi connectivity index (χ3v) is 2.17. The van der Waals surface area contributed by atoms with E-state index < -0.39 is 0 Å². The second-order valence-corrected chi connectivity index (χ2v) is 4.27. The maximum Gasteiger partial charge on any atom is 0.0867 e. The minimum absolute atomic E-state index is 0.187. The van der Waals surface area contributed by atoms with Gasteiger partial charge >= 0.3 is 0 Å². The standard InChI is InChI=1S/C10H13N3/c1-10(2,3)8-4-5-13-9(6-8)7-11-12-13/h4-7H,1-3H3. The molecule has 0 N–H and O–H groups in total. The predicted molar refractivity (Wildman–Crippen MR) is 51.7 cm³/mol. The van der Waals surface area contributed by atoms with Gasteiger partial charge in [-0.15, -0.1) is 5.10 Å². The Kier molecular flexibility index (Phi) is 1.62. The maximum atomic E-state index is 3.91. The Morgan fingerprint density at radius 1 is 1.31 bits per heavy atom. The fourth-order valence-electron chi connectivity index (χ4n) is 1.30. The molecule has 0 saturated heterocycles. The molecule has 0 aliphatic carbocycles. The second-order valence-electron chi connectivity index (χ2n) is 4.27. The van der Waals surface area contributed by atoms with Crippen LogP contribution in [0.5, 0.6) is 0 Å². The molecule has 0 radical (unpaired) electrons. The van der Waals surface area contributed by atoms with Crippen LogP contribution in [-0.4, -0.2) is 14.8 Å². The number of rotatable bonds is 0. The molecule has 2 aromatic rings. The van der Waals surface area contributed by atoms with Crippen molar-refractivity contribution in [3.63, 3.8) is 0 Å². The highest BCUT2D eigenvalue weighted by Gasteiger charge is 2.13. The van der Waals surface area contributed by atoms with Gasteiger partial charge in [0.15, 0.2) is 0 Å². The van der Waals surface area contributed by atoms with Crippen molar-refractivity contribution in [1.82, 2.24) is 14.8 Å². The van der Waals surface area contributed by atoms with Crippen molar-refractivity contribution in [2.45, 2.75) is 26.2 Å². The third-order valence-electron chi connectivity index (χ3n) is 2.17. The molecule has 0 fully saturated rings. The van der Waals surface area contributed by atoms with Crippen LogP contribution < -0.4 is 0 Å².